The SMILES string of the molecule is CN(CCC(=O)O)C(=O)c1ccc2c(c1)OCO2. The number of benzene rings is 1. The summed E-state index contributed by atoms with van der Waals surface area (Å²) in [5.41, 5.74) is 0.451. The Kier molecular flexibility index (Phi) is 3.36. The molecule has 1 aromatic rings. The molecule has 0 atom stereocenters. The van der Waals surface area contributed by atoms with Crippen LogP contribution in [0.3, 0.4) is 0 Å². The van der Waals surface area contributed by atoms with Gasteiger partial charge in [-0.25, -0.2) is 0 Å². The zero-order valence-electron chi connectivity index (χ0n) is 9.88. The van der Waals surface area contributed by atoms with Crippen molar-refractivity contribution in [3.8, 4) is 11.5 Å². The van der Waals surface area contributed by atoms with Crippen LogP contribution >= 0.6 is 0 Å². The Balaban J connectivity index is 2.06. The van der Waals surface area contributed by atoms with Gasteiger partial charge >= 0.3 is 5.97 Å². The molecule has 0 spiro atoms. The Morgan fingerprint density at radius 3 is 2.78 bits per heavy atom. The van der Waals surface area contributed by atoms with Crippen LogP contribution in [0.2, 0.25) is 0 Å². The van der Waals surface area contributed by atoms with Crippen molar-refractivity contribution in [2.24, 2.45) is 0 Å². The summed E-state index contributed by atoms with van der Waals surface area (Å²) in [6.07, 6.45) is -0.0766. The van der Waals surface area contributed by atoms with Crippen molar-refractivity contribution < 1.29 is 24.2 Å². The number of carboxylic acid groups (broad SMARTS) is 1. The zero-order chi connectivity index (χ0) is 13.1. The standard InChI is InChI=1S/C12H13NO5/c1-13(5-4-11(14)15)12(16)8-2-3-9-10(6-8)18-7-17-9/h2-3,6H,4-5,7H2,1H3,(H,14,15). The topological polar surface area (TPSA) is 76.1 Å². The molecule has 0 saturated carbocycles. The molecule has 0 aromatic heterocycles. The number of nitrogens with zero attached hydrogens (tertiary/aromatic N) is 1. The highest BCUT2D eigenvalue weighted by molar-refractivity contribution is 5.95. The molecule has 6 heteroatoms. The van der Waals surface area contributed by atoms with Gasteiger partial charge in [-0.15, -0.1) is 0 Å². The van der Waals surface area contributed by atoms with E-state index >= 15 is 0 Å². The summed E-state index contributed by atoms with van der Waals surface area (Å²) < 4.78 is 10.3. The van der Waals surface area contributed by atoms with Crippen molar-refractivity contribution in [3.63, 3.8) is 0 Å². The first-order valence-corrected chi connectivity index (χ1v) is 5.45. The van der Waals surface area contributed by atoms with E-state index in [1.165, 1.54) is 4.90 Å². The lowest BCUT2D eigenvalue weighted by atomic mass is 10.1. The van der Waals surface area contributed by atoms with Gasteiger partial charge in [-0.05, 0) is 18.2 Å². The monoisotopic (exact) mass is 251 g/mol. The molecular weight excluding hydrogens is 238 g/mol. The Bertz CT molecular complexity index is 485. The fourth-order valence-electron chi connectivity index (χ4n) is 1.61. The number of rotatable bonds is 4. The smallest absolute Gasteiger partial charge is 0.305 e. The second-order valence-corrected chi connectivity index (χ2v) is 3.94. The average Bonchev–Trinajstić information content (AvgIpc) is 2.81. The normalized spacial score (nSPS) is 12.3. The van der Waals surface area contributed by atoms with Crippen molar-refractivity contribution in [2.75, 3.05) is 20.4 Å². The van der Waals surface area contributed by atoms with Gasteiger partial charge in [0.2, 0.25) is 6.79 Å². The Hall–Kier alpha value is -2.24. The van der Waals surface area contributed by atoms with Crippen LogP contribution in [0.4, 0.5) is 0 Å². The first-order chi connectivity index (χ1) is 8.58. The van der Waals surface area contributed by atoms with Gasteiger partial charge in [0, 0.05) is 19.2 Å². The van der Waals surface area contributed by atoms with Gasteiger partial charge in [0.1, 0.15) is 0 Å². The predicted molar refractivity (Wildman–Crippen MR) is 61.8 cm³/mol. The van der Waals surface area contributed by atoms with Crippen molar-refractivity contribution in [3.05, 3.63) is 23.8 Å². The summed E-state index contributed by atoms with van der Waals surface area (Å²) in [6.45, 7) is 0.324. The van der Waals surface area contributed by atoms with Crippen molar-refractivity contribution in [1.82, 2.24) is 4.90 Å². The van der Waals surface area contributed by atoms with Crippen LogP contribution < -0.4 is 9.47 Å². The van der Waals surface area contributed by atoms with Gasteiger partial charge in [-0.3, -0.25) is 9.59 Å². The van der Waals surface area contributed by atoms with Gasteiger partial charge in [-0.1, -0.05) is 0 Å². The lowest BCUT2D eigenvalue weighted by Crippen LogP contribution is -2.28. The number of amides is 1. The molecule has 0 fully saturated rings. The molecule has 2 rings (SSSR count). The molecule has 1 amide bonds. The summed E-state index contributed by atoms with van der Waals surface area (Å²) in [5.74, 6) is -0.0258. The molecule has 18 heavy (non-hydrogen) atoms. The van der Waals surface area contributed by atoms with E-state index in [1.807, 2.05) is 0 Å². The summed E-state index contributed by atoms with van der Waals surface area (Å²) in [6, 6.07) is 4.90. The van der Waals surface area contributed by atoms with Crippen molar-refractivity contribution in [1.29, 1.82) is 0 Å². The van der Waals surface area contributed by atoms with Crippen LogP contribution in [0.1, 0.15) is 16.8 Å². The number of hydrogen-bond donors (Lipinski definition) is 1. The molecule has 96 valence electrons. The van der Waals surface area contributed by atoms with Gasteiger partial charge in [-0.2, -0.15) is 0 Å². The lowest BCUT2D eigenvalue weighted by Gasteiger charge is -2.16. The maximum Gasteiger partial charge on any atom is 0.305 e. The van der Waals surface area contributed by atoms with Crippen LogP contribution in [-0.2, 0) is 4.79 Å². The van der Waals surface area contributed by atoms with Crippen LogP contribution in [-0.4, -0.2) is 42.3 Å². The third-order valence-corrected chi connectivity index (χ3v) is 2.63. The fourth-order valence-corrected chi connectivity index (χ4v) is 1.61. The highest BCUT2D eigenvalue weighted by atomic mass is 16.7. The highest BCUT2D eigenvalue weighted by Crippen LogP contribution is 2.32. The lowest BCUT2D eigenvalue weighted by molar-refractivity contribution is -0.137. The Labute approximate surface area is 104 Å². The molecule has 0 saturated heterocycles. The minimum Gasteiger partial charge on any atom is -0.481 e. The molecule has 6 nitrogen and oxygen atoms in total. The summed E-state index contributed by atoms with van der Waals surface area (Å²) >= 11 is 0. The molecule has 1 heterocycles. The maximum atomic E-state index is 12.0. The summed E-state index contributed by atoms with van der Waals surface area (Å²) in [4.78, 5) is 23.8. The van der Waals surface area contributed by atoms with E-state index < -0.39 is 5.97 Å². The van der Waals surface area contributed by atoms with E-state index in [0.717, 1.165) is 0 Å². The van der Waals surface area contributed by atoms with E-state index in [-0.39, 0.29) is 25.7 Å². The molecule has 1 aliphatic heterocycles. The number of carbonyl (C=O) groups is 2. The van der Waals surface area contributed by atoms with E-state index in [2.05, 4.69) is 0 Å². The number of aliphatic carboxylic acids is 1. The second-order valence-electron chi connectivity index (χ2n) is 3.94. The van der Waals surface area contributed by atoms with Crippen molar-refractivity contribution in [2.45, 2.75) is 6.42 Å². The van der Waals surface area contributed by atoms with Crippen molar-refractivity contribution >= 4 is 11.9 Å². The number of carboxylic acids is 1. The first kappa shape index (κ1) is 12.2. The largest absolute Gasteiger partial charge is 0.481 e. The summed E-state index contributed by atoms with van der Waals surface area (Å²) in [5, 5.41) is 8.57. The van der Waals surface area contributed by atoms with E-state index in [9.17, 15) is 9.59 Å². The third kappa shape index (κ3) is 2.53. The van der Waals surface area contributed by atoms with Crippen LogP contribution in [0.15, 0.2) is 18.2 Å². The molecule has 0 aliphatic carbocycles. The van der Waals surface area contributed by atoms with E-state index in [4.69, 9.17) is 14.6 Å². The van der Waals surface area contributed by atoms with E-state index in [0.29, 0.717) is 17.1 Å². The fraction of sp³-hybridized carbons (Fsp3) is 0.333. The third-order valence-electron chi connectivity index (χ3n) is 2.63. The first-order valence-electron chi connectivity index (χ1n) is 5.45. The van der Waals surface area contributed by atoms with Crippen LogP contribution in [0.25, 0.3) is 0 Å². The predicted octanol–water partition coefficient (Wildman–Crippen LogP) is 0.962. The second kappa shape index (κ2) is 4.95. The number of hydrogen-bond acceptors (Lipinski definition) is 4. The number of carbonyl (C=O) groups excluding carboxylic acids is 1. The maximum absolute atomic E-state index is 12.0. The number of ether oxygens (including phenoxy) is 2. The number of fused-ring (bicyclic) bond motifs is 1. The van der Waals surface area contributed by atoms with Gasteiger partial charge in [0.05, 0.1) is 6.42 Å². The van der Waals surface area contributed by atoms with Gasteiger partial charge in [0.15, 0.2) is 11.5 Å². The average molecular weight is 251 g/mol. The Morgan fingerprint density at radius 2 is 2.06 bits per heavy atom. The molecule has 1 aliphatic rings. The molecular formula is C12H13NO5. The van der Waals surface area contributed by atoms with Gasteiger partial charge in [0.25, 0.3) is 5.91 Å². The minimum atomic E-state index is -0.930. The van der Waals surface area contributed by atoms with Crippen LogP contribution in [0, 0.1) is 0 Å². The molecule has 1 N–H and O–H groups in total. The molecule has 0 bridgehead atoms. The summed E-state index contributed by atoms with van der Waals surface area (Å²) in [7, 11) is 1.57. The molecule has 1 aromatic carbocycles. The zero-order valence-corrected chi connectivity index (χ0v) is 9.88. The van der Waals surface area contributed by atoms with E-state index in [1.54, 1.807) is 25.2 Å². The highest BCUT2D eigenvalue weighted by Gasteiger charge is 2.18. The minimum absolute atomic E-state index is 0.0766. The quantitative estimate of drug-likeness (QED) is 0.862. The van der Waals surface area contributed by atoms with Gasteiger partial charge < -0.3 is 19.5 Å². The molecule has 0 unspecified atom stereocenters. The molecule has 0 radical (unpaired) electrons. The van der Waals surface area contributed by atoms with Crippen LogP contribution in [0.5, 0.6) is 11.5 Å². The Morgan fingerprint density at radius 1 is 1.33 bits per heavy atom.